The van der Waals surface area contributed by atoms with E-state index in [4.69, 9.17) is 4.42 Å². The van der Waals surface area contributed by atoms with Crippen LogP contribution in [0.5, 0.6) is 5.75 Å². The third-order valence-electron chi connectivity index (χ3n) is 6.36. The molecule has 158 valence electrons. The van der Waals surface area contributed by atoms with Gasteiger partial charge in [0.15, 0.2) is 0 Å². The molecule has 2 aromatic heterocycles. The first kappa shape index (κ1) is 20.3. The Morgan fingerprint density at radius 2 is 1.87 bits per heavy atom. The van der Waals surface area contributed by atoms with Crippen LogP contribution in [0.25, 0.3) is 0 Å². The van der Waals surface area contributed by atoms with Gasteiger partial charge in [-0.25, -0.2) is 0 Å². The molecule has 0 amide bonds. The van der Waals surface area contributed by atoms with Crippen LogP contribution in [0.2, 0.25) is 0 Å². The van der Waals surface area contributed by atoms with Crippen molar-refractivity contribution >= 4 is 11.5 Å². The van der Waals surface area contributed by atoms with E-state index in [2.05, 4.69) is 9.47 Å². The van der Waals surface area contributed by atoms with Crippen molar-refractivity contribution in [3.05, 3.63) is 71.4 Å². The largest absolute Gasteiger partial charge is 0.508 e. The van der Waals surface area contributed by atoms with Crippen molar-refractivity contribution in [1.29, 1.82) is 0 Å². The van der Waals surface area contributed by atoms with Gasteiger partial charge in [-0.1, -0.05) is 0 Å². The number of hydrogen-bond acceptors (Lipinski definition) is 4. The maximum atomic E-state index is 13.3. The average molecular weight is 409 g/mol. The maximum Gasteiger partial charge on any atom is 0.221 e. The molecule has 1 saturated heterocycles. The fourth-order valence-electron chi connectivity index (χ4n) is 4.42. The normalized spacial score (nSPS) is 16.0. The molecule has 0 saturated carbocycles. The van der Waals surface area contributed by atoms with Crippen LogP contribution in [0.3, 0.4) is 0 Å². The second-order valence-electron chi connectivity index (χ2n) is 8.20. The molecule has 1 fully saturated rings. The lowest BCUT2D eigenvalue weighted by Gasteiger charge is -2.36. The van der Waals surface area contributed by atoms with Gasteiger partial charge in [0, 0.05) is 22.6 Å². The standard InChI is InChI=1S/C24H29N3O3/c1-17-15-23(18(2)27(17)16-22-5-4-14-30-22)24(29)19(3)25-10-12-26(13-11-25)20-6-8-21(28)9-7-20/h4-9,14-15,19,28H,10-13,16H2,1-3H3/p+1/t19-/m1/s1. The molecule has 0 bridgehead atoms. The number of aromatic hydroxyl groups is 1. The maximum absolute atomic E-state index is 13.3. The minimum Gasteiger partial charge on any atom is -0.508 e. The molecule has 0 spiro atoms. The highest BCUT2D eigenvalue weighted by atomic mass is 16.3. The molecule has 0 radical (unpaired) electrons. The Balaban J connectivity index is 1.42. The van der Waals surface area contributed by atoms with Gasteiger partial charge in [-0.3, -0.25) is 4.79 Å². The number of quaternary nitrogens is 1. The number of anilines is 1. The molecular weight excluding hydrogens is 378 g/mol. The van der Waals surface area contributed by atoms with E-state index < -0.39 is 0 Å². The molecule has 0 aliphatic carbocycles. The average Bonchev–Trinajstić information content (AvgIpc) is 3.37. The molecule has 6 nitrogen and oxygen atoms in total. The lowest BCUT2D eigenvalue weighted by atomic mass is 10.0. The molecule has 4 rings (SSSR count). The molecule has 1 aliphatic heterocycles. The topological polar surface area (TPSA) is 63.1 Å². The van der Waals surface area contributed by atoms with Gasteiger partial charge >= 0.3 is 0 Å². The first-order valence-electron chi connectivity index (χ1n) is 10.6. The zero-order chi connectivity index (χ0) is 21.3. The number of aryl methyl sites for hydroxylation is 1. The van der Waals surface area contributed by atoms with Crippen molar-refractivity contribution in [3.8, 4) is 5.75 Å². The number of nitrogens with one attached hydrogen (secondary N) is 1. The predicted octanol–water partition coefficient (Wildman–Crippen LogP) is 2.43. The Morgan fingerprint density at radius 1 is 1.17 bits per heavy atom. The van der Waals surface area contributed by atoms with Gasteiger partial charge in [-0.05, 0) is 63.2 Å². The van der Waals surface area contributed by atoms with Crippen LogP contribution < -0.4 is 9.80 Å². The molecule has 6 heteroatoms. The summed E-state index contributed by atoms with van der Waals surface area (Å²) in [5.74, 6) is 1.38. The second-order valence-corrected chi connectivity index (χ2v) is 8.20. The van der Waals surface area contributed by atoms with Crippen LogP contribution in [0.1, 0.15) is 34.4 Å². The van der Waals surface area contributed by atoms with Crippen LogP contribution in [-0.2, 0) is 6.54 Å². The summed E-state index contributed by atoms with van der Waals surface area (Å²) in [7, 11) is 0. The van der Waals surface area contributed by atoms with Gasteiger partial charge in [0.2, 0.25) is 5.78 Å². The Morgan fingerprint density at radius 3 is 2.50 bits per heavy atom. The van der Waals surface area contributed by atoms with Crippen molar-refractivity contribution in [2.45, 2.75) is 33.4 Å². The van der Waals surface area contributed by atoms with Crippen LogP contribution in [-0.4, -0.2) is 47.7 Å². The number of aromatic nitrogens is 1. The lowest BCUT2D eigenvalue weighted by Crippen LogP contribution is -3.18. The number of phenols is 1. The summed E-state index contributed by atoms with van der Waals surface area (Å²) in [5, 5.41) is 9.49. The van der Waals surface area contributed by atoms with E-state index >= 15 is 0 Å². The first-order chi connectivity index (χ1) is 14.4. The van der Waals surface area contributed by atoms with Crippen LogP contribution in [0.15, 0.2) is 53.1 Å². The van der Waals surface area contributed by atoms with Crippen LogP contribution in [0.4, 0.5) is 5.69 Å². The predicted molar refractivity (Wildman–Crippen MR) is 117 cm³/mol. The number of carbonyl (C=O) groups excluding carboxylic acids is 1. The number of carbonyl (C=O) groups is 1. The fraction of sp³-hybridized carbons (Fsp3) is 0.375. The van der Waals surface area contributed by atoms with E-state index in [9.17, 15) is 9.90 Å². The molecule has 30 heavy (non-hydrogen) atoms. The quantitative estimate of drug-likeness (QED) is 0.615. The summed E-state index contributed by atoms with van der Waals surface area (Å²) in [6, 6.07) is 13.1. The lowest BCUT2D eigenvalue weighted by molar-refractivity contribution is -0.914. The Labute approximate surface area is 177 Å². The highest BCUT2D eigenvalue weighted by Crippen LogP contribution is 2.20. The van der Waals surface area contributed by atoms with E-state index in [1.54, 1.807) is 18.4 Å². The van der Waals surface area contributed by atoms with Crippen molar-refractivity contribution in [2.75, 3.05) is 31.1 Å². The number of hydrogen-bond donors (Lipinski definition) is 2. The van der Waals surface area contributed by atoms with Gasteiger partial charge in [0.25, 0.3) is 0 Å². The Kier molecular flexibility index (Phi) is 5.68. The number of nitrogens with zero attached hydrogens (tertiary/aromatic N) is 2. The highest BCUT2D eigenvalue weighted by molar-refractivity contribution is 6.00. The summed E-state index contributed by atoms with van der Waals surface area (Å²) in [6.45, 7) is 10.4. The molecule has 1 aromatic carbocycles. The van der Waals surface area contributed by atoms with E-state index in [1.807, 2.05) is 51.1 Å². The molecule has 3 heterocycles. The zero-order valence-electron chi connectivity index (χ0n) is 17.9. The van der Waals surface area contributed by atoms with E-state index in [1.165, 1.54) is 4.90 Å². The number of Topliss-reactive ketones (excluding diaryl/α,β-unsaturated/α-hetero) is 1. The number of phenolic OH excluding ortho intramolecular Hbond substituents is 1. The van der Waals surface area contributed by atoms with E-state index in [0.717, 1.165) is 54.6 Å². The molecule has 2 N–H and O–H groups in total. The number of furan rings is 1. The number of rotatable bonds is 6. The van der Waals surface area contributed by atoms with Crippen LogP contribution in [0, 0.1) is 13.8 Å². The summed E-state index contributed by atoms with van der Waals surface area (Å²) in [5.41, 5.74) is 4.02. The summed E-state index contributed by atoms with van der Waals surface area (Å²) >= 11 is 0. The van der Waals surface area contributed by atoms with Crippen molar-refractivity contribution in [1.82, 2.24) is 4.57 Å². The number of benzene rings is 1. The minimum absolute atomic E-state index is 0.0791. The number of piperazine rings is 1. The zero-order valence-corrected chi connectivity index (χ0v) is 17.9. The second kappa shape index (κ2) is 8.40. The Hall–Kier alpha value is -2.99. The third kappa shape index (κ3) is 4.00. The minimum atomic E-state index is -0.0791. The van der Waals surface area contributed by atoms with Crippen molar-refractivity contribution in [2.24, 2.45) is 0 Å². The smallest absolute Gasteiger partial charge is 0.221 e. The van der Waals surface area contributed by atoms with Gasteiger partial charge in [-0.2, -0.15) is 0 Å². The molecule has 0 unspecified atom stereocenters. The SMILES string of the molecule is Cc1cc(C(=O)[C@@H](C)[NH+]2CCN(c3ccc(O)cc3)CC2)c(C)n1Cc1ccco1. The van der Waals surface area contributed by atoms with Crippen LogP contribution >= 0.6 is 0 Å². The summed E-state index contributed by atoms with van der Waals surface area (Å²) in [4.78, 5) is 17.0. The monoisotopic (exact) mass is 408 g/mol. The third-order valence-corrected chi connectivity index (χ3v) is 6.36. The summed E-state index contributed by atoms with van der Waals surface area (Å²) < 4.78 is 7.63. The molecule has 3 aromatic rings. The van der Waals surface area contributed by atoms with Gasteiger partial charge < -0.3 is 23.9 Å². The van der Waals surface area contributed by atoms with Crippen molar-refractivity contribution in [3.63, 3.8) is 0 Å². The summed E-state index contributed by atoms with van der Waals surface area (Å²) in [6.07, 6.45) is 1.68. The molecular formula is C24H30N3O3+. The molecule has 1 aliphatic rings. The Bertz CT molecular complexity index is 997. The van der Waals surface area contributed by atoms with Gasteiger partial charge in [0.05, 0.1) is 39.0 Å². The van der Waals surface area contributed by atoms with E-state index in [-0.39, 0.29) is 17.6 Å². The highest BCUT2D eigenvalue weighted by Gasteiger charge is 2.31. The number of ketones is 1. The first-order valence-corrected chi connectivity index (χ1v) is 10.6. The van der Waals surface area contributed by atoms with E-state index in [0.29, 0.717) is 6.54 Å². The fourth-order valence-corrected chi connectivity index (χ4v) is 4.42. The van der Waals surface area contributed by atoms with Crippen molar-refractivity contribution < 1.29 is 19.2 Å². The molecule has 1 atom stereocenters. The van der Waals surface area contributed by atoms with Gasteiger partial charge in [0.1, 0.15) is 17.6 Å². The van der Waals surface area contributed by atoms with Gasteiger partial charge in [-0.15, -0.1) is 0 Å².